The molecule has 1 heterocycles. The van der Waals surface area contributed by atoms with Crippen molar-refractivity contribution >= 4 is 34.5 Å². The summed E-state index contributed by atoms with van der Waals surface area (Å²) in [5.41, 5.74) is 0.904. The molecule has 0 aliphatic rings. The van der Waals surface area contributed by atoms with Gasteiger partial charge in [0.2, 0.25) is 10.6 Å². The molecule has 0 radical (unpaired) electrons. The molecule has 0 amide bonds. The standard InChI is InChI=1S/C17H10Cl2FNO2S/c1-8-6-13(20)11(7-12(8)19)14-15(22)21-16(24-17(14)23)9-2-4-10(18)5-3-9/h2-7,22H,1H3. The molecule has 0 spiro atoms. The average Bonchev–Trinajstić information content (AvgIpc) is 2.52. The number of hydrogen-bond donors (Lipinski definition) is 1. The van der Waals surface area contributed by atoms with Gasteiger partial charge in [-0.2, -0.15) is 0 Å². The van der Waals surface area contributed by atoms with Gasteiger partial charge in [0.15, 0.2) is 0 Å². The van der Waals surface area contributed by atoms with Gasteiger partial charge >= 0.3 is 0 Å². The lowest BCUT2D eigenvalue weighted by Crippen LogP contribution is -2.04. The van der Waals surface area contributed by atoms with Gasteiger partial charge in [-0.1, -0.05) is 46.7 Å². The summed E-state index contributed by atoms with van der Waals surface area (Å²) in [6.45, 7) is 1.65. The van der Waals surface area contributed by atoms with E-state index in [1.807, 2.05) is 0 Å². The van der Waals surface area contributed by atoms with E-state index in [9.17, 15) is 14.3 Å². The van der Waals surface area contributed by atoms with Gasteiger partial charge in [-0.15, -0.1) is 0 Å². The second-order valence-electron chi connectivity index (χ2n) is 5.09. The largest absolute Gasteiger partial charge is 0.493 e. The smallest absolute Gasteiger partial charge is 0.247 e. The summed E-state index contributed by atoms with van der Waals surface area (Å²) in [4.78, 5) is 16.5. The summed E-state index contributed by atoms with van der Waals surface area (Å²) < 4.78 is 13.7. The Morgan fingerprint density at radius 2 is 1.83 bits per heavy atom. The highest BCUT2D eigenvalue weighted by Gasteiger charge is 2.19. The van der Waals surface area contributed by atoms with Crippen LogP contribution in [0.25, 0.3) is 21.7 Å². The second-order valence-corrected chi connectivity index (χ2v) is 6.90. The lowest BCUT2D eigenvalue weighted by atomic mass is 10.1. The Balaban J connectivity index is 2.17. The van der Waals surface area contributed by atoms with Crippen LogP contribution in [0.3, 0.4) is 0 Å². The Bertz CT molecular complexity index is 987. The SMILES string of the molecule is Cc1cc(F)c(-c2c(O)nc(-c3ccc(Cl)cc3)sc2=O)cc1Cl. The molecule has 1 N–H and O–H groups in total. The van der Waals surface area contributed by atoms with Crippen molar-refractivity contribution in [1.82, 2.24) is 4.98 Å². The van der Waals surface area contributed by atoms with Crippen LogP contribution < -0.4 is 4.74 Å². The van der Waals surface area contributed by atoms with Crippen molar-refractivity contribution in [3.8, 4) is 27.6 Å². The van der Waals surface area contributed by atoms with Gasteiger partial charge in [0.05, 0.1) is 0 Å². The predicted molar refractivity (Wildman–Crippen MR) is 95.6 cm³/mol. The maximum absolute atomic E-state index is 14.2. The van der Waals surface area contributed by atoms with Crippen LogP contribution in [-0.2, 0) is 0 Å². The van der Waals surface area contributed by atoms with Gasteiger partial charge < -0.3 is 5.11 Å². The summed E-state index contributed by atoms with van der Waals surface area (Å²) in [5.74, 6) is -1.18. The van der Waals surface area contributed by atoms with E-state index in [1.165, 1.54) is 12.1 Å². The Morgan fingerprint density at radius 1 is 1.17 bits per heavy atom. The van der Waals surface area contributed by atoms with E-state index in [-0.39, 0.29) is 11.1 Å². The molecule has 3 nitrogen and oxygen atoms in total. The first-order chi connectivity index (χ1) is 11.4. The summed E-state index contributed by atoms with van der Waals surface area (Å²) in [5, 5.41) is 11.3. The van der Waals surface area contributed by atoms with Crippen LogP contribution in [0.2, 0.25) is 10.0 Å². The number of halogens is 3. The Morgan fingerprint density at radius 3 is 2.46 bits per heavy atom. The third-order valence-corrected chi connectivity index (χ3v) is 5.00. The molecule has 0 saturated carbocycles. The van der Waals surface area contributed by atoms with Crippen molar-refractivity contribution in [3.63, 3.8) is 0 Å². The highest BCUT2D eigenvalue weighted by atomic mass is 35.5. The van der Waals surface area contributed by atoms with E-state index in [0.29, 0.717) is 26.2 Å². The van der Waals surface area contributed by atoms with E-state index >= 15 is 0 Å². The van der Waals surface area contributed by atoms with Gasteiger partial charge in [0.25, 0.3) is 0 Å². The normalized spacial score (nSPS) is 10.8. The molecule has 0 fully saturated rings. The summed E-state index contributed by atoms with van der Waals surface area (Å²) in [7, 11) is 0. The lowest BCUT2D eigenvalue weighted by Gasteiger charge is -2.08. The topological polar surface area (TPSA) is 50.2 Å². The number of hydrogen-bond acceptors (Lipinski definition) is 4. The van der Waals surface area contributed by atoms with E-state index in [2.05, 4.69) is 4.98 Å². The predicted octanol–water partition coefficient (Wildman–Crippen LogP) is 5.30. The van der Waals surface area contributed by atoms with Crippen molar-refractivity contribution in [2.24, 2.45) is 0 Å². The minimum absolute atomic E-state index is 0.0699. The van der Waals surface area contributed by atoms with Crippen molar-refractivity contribution in [3.05, 3.63) is 67.4 Å². The molecular weight excluding hydrogens is 372 g/mol. The number of aromatic nitrogens is 1. The number of benzene rings is 2. The van der Waals surface area contributed by atoms with Crippen LogP contribution in [-0.4, -0.2) is 10.1 Å². The first kappa shape index (κ1) is 16.9. The maximum Gasteiger partial charge on any atom is 0.247 e. The third kappa shape index (κ3) is 3.15. The third-order valence-electron chi connectivity index (χ3n) is 3.43. The molecule has 3 aromatic rings. The molecular formula is C17H10Cl2FNO2S. The van der Waals surface area contributed by atoms with Crippen molar-refractivity contribution < 1.29 is 9.50 Å². The lowest BCUT2D eigenvalue weighted by molar-refractivity contribution is 0.456. The molecule has 0 bridgehead atoms. The number of aryl methyl sites for hydroxylation is 1. The van der Waals surface area contributed by atoms with Gasteiger partial charge in [-0.3, -0.25) is 4.79 Å². The maximum atomic E-state index is 14.2. The second kappa shape index (κ2) is 6.51. The van der Waals surface area contributed by atoms with Gasteiger partial charge in [0, 0.05) is 21.2 Å². The zero-order chi connectivity index (χ0) is 17.4. The molecule has 3 rings (SSSR count). The summed E-state index contributed by atoms with van der Waals surface area (Å²) >= 11 is 12.6. The van der Waals surface area contributed by atoms with Crippen LogP contribution in [0.1, 0.15) is 5.56 Å². The quantitative estimate of drug-likeness (QED) is 0.655. The van der Waals surface area contributed by atoms with Gasteiger partial charge in [-0.25, -0.2) is 9.37 Å². The molecule has 0 saturated heterocycles. The molecule has 2 aromatic carbocycles. The highest BCUT2D eigenvalue weighted by Crippen LogP contribution is 2.33. The molecule has 24 heavy (non-hydrogen) atoms. The average molecular weight is 382 g/mol. The van der Waals surface area contributed by atoms with Crippen molar-refractivity contribution in [2.75, 3.05) is 0 Å². The van der Waals surface area contributed by atoms with E-state index in [0.717, 1.165) is 11.3 Å². The Labute approximate surface area is 151 Å². The zero-order valence-corrected chi connectivity index (χ0v) is 14.6. The Kier molecular flexibility index (Phi) is 4.58. The van der Waals surface area contributed by atoms with Crippen LogP contribution in [0.15, 0.2) is 41.2 Å². The van der Waals surface area contributed by atoms with Crippen LogP contribution in [0.5, 0.6) is 5.88 Å². The first-order valence-corrected chi connectivity index (χ1v) is 8.40. The fraction of sp³-hybridized carbons (Fsp3) is 0.0588. The van der Waals surface area contributed by atoms with E-state index in [4.69, 9.17) is 23.2 Å². The molecule has 0 aliphatic carbocycles. The Hall–Kier alpha value is -1.95. The first-order valence-electron chi connectivity index (χ1n) is 6.83. The summed E-state index contributed by atoms with van der Waals surface area (Å²) in [6, 6.07) is 9.21. The molecule has 0 aliphatic heterocycles. The van der Waals surface area contributed by atoms with Crippen LogP contribution in [0, 0.1) is 12.7 Å². The van der Waals surface area contributed by atoms with E-state index in [1.54, 1.807) is 31.2 Å². The number of aromatic hydroxyl groups is 1. The van der Waals surface area contributed by atoms with Crippen molar-refractivity contribution in [2.45, 2.75) is 6.92 Å². The monoisotopic (exact) mass is 381 g/mol. The summed E-state index contributed by atoms with van der Waals surface area (Å²) in [6.07, 6.45) is 0. The van der Waals surface area contributed by atoms with Crippen LogP contribution >= 0.6 is 34.5 Å². The fourth-order valence-corrected chi connectivity index (χ4v) is 3.34. The highest BCUT2D eigenvalue weighted by molar-refractivity contribution is 7.12. The van der Waals surface area contributed by atoms with Gasteiger partial charge in [0.1, 0.15) is 16.4 Å². The molecule has 122 valence electrons. The molecule has 0 unspecified atom stereocenters. The zero-order valence-electron chi connectivity index (χ0n) is 12.3. The molecule has 7 heteroatoms. The molecule has 0 atom stereocenters. The van der Waals surface area contributed by atoms with E-state index < -0.39 is 16.4 Å². The van der Waals surface area contributed by atoms with Gasteiger partial charge in [-0.05, 0) is 36.8 Å². The fourth-order valence-electron chi connectivity index (χ4n) is 2.19. The number of nitrogens with zero attached hydrogens (tertiary/aromatic N) is 1. The van der Waals surface area contributed by atoms with Crippen molar-refractivity contribution in [1.29, 1.82) is 0 Å². The minimum atomic E-state index is -0.641. The van der Waals surface area contributed by atoms with Crippen LogP contribution in [0.4, 0.5) is 4.39 Å². The molecule has 1 aromatic heterocycles. The number of rotatable bonds is 2. The minimum Gasteiger partial charge on any atom is -0.493 e.